The van der Waals surface area contributed by atoms with Crippen molar-refractivity contribution in [3.8, 4) is 0 Å². The van der Waals surface area contributed by atoms with Crippen LogP contribution in [0, 0.1) is 0 Å². The molecule has 0 aliphatic carbocycles. The smallest absolute Gasteiger partial charge is 0.264 e. The Bertz CT molecular complexity index is 792. The lowest BCUT2D eigenvalue weighted by Crippen LogP contribution is -2.22. The molecular formula is C17H19O5PS. The third kappa shape index (κ3) is 4.14. The number of benzene rings is 2. The van der Waals surface area contributed by atoms with E-state index in [1.54, 1.807) is 0 Å². The van der Waals surface area contributed by atoms with E-state index in [1.165, 1.54) is 0 Å². The van der Waals surface area contributed by atoms with Gasteiger partial charge in [-0.05, 0) is 0 Å². The summed E-state index contributed by atoms with van der Waals surface area (Å²) in [4.78, 5) is 0. The highest BCUT2D eigenvalue weighted by atomic mass is 32.2. The molecule has 0 spiro atoms. The molecule has 128 valence electrons. The topological polar surface area (TPSA) is 73.0 Å². The predicted molar refractivity (Wildman–Crippen MR) is 94.1 cm³/mol. The summed E-state index contributed by atoms with van der Waals surface area (Å²) in [6.07, 6.45) is 0.737. The Morgan fingerprint density at radius 3 is 1.92 bits per heavy atom. The molecular weight excluding hydrogens is 347 g/mol. The molecule has 1 aliphatic heterocycles. The molecule has 1 saturated heterocycles. The van der Waals surface area contributed by atoms with Crippen LogP contribution in [-0.4, -0.2) is 39.7 Å². The van der Waals surface area contributed by atoms with Gasteiger partial charge in [0.15, 0.2) is 0 Å². The minimum absolute atomic E-state index is 0.0346. The second-order valence-electron chi connectivity index (χ2n) is 5.80. The average molecular weight is 366 g/mol. The first kappa shape index (κ1) is 17.4. The van der Waals surface area contributed by atoms with Crippen molar-refractivity contribution in [2.75, 3.05) is 19.0 Å². The molecule has 1 fully saturated rings. The van der Waals surface area contributed by atoms with E-state index >= 15 is 0 Å². The van der Waals surface area contributed by atoms with E-state index < -0.39 is 17.3 Å². The third-order valence-corrected chi connectivity index (χ3v) is 7.62. The molecule has 2 atom stereocenters. The van der Waals surface area contributed by atoms with E-state index in [1.807, 2.05) is 60.7 Å². The van der Waals surface area contributed by atoms with Gasteiger partial charge in [-0.15, -0.1) is 0 Å². The molecule has 3 rings (SSSR count). The van der Waals surface area contributed by atoms with Gasteiger partial charge in [0.1, 0.15) is 13.2 Å². The summed E-state index contributed by atoms with van der Waals surface area (Å²) < 4.78 is 46.2. The first-order valence-corrected chi connectivity index (χ1v) is 11.3. The van der Waals surface area contributed by atoms with E-state index in [2.05, 4.69) is 0 Å². The Kier molecular flexibility index (Phi) is 4.92. The van der Waals surface area contributed by atoms with Crippen LogP contribution in [0.1, 0.15) is 0 Å². The van der Waals surface area contributed by atoms with Crippen LogP contribution >= 0.6 is 7.14 Å². The van der Waals surface area contributed by atoms with E-state index in [0.717, 1.165) is 16.9 Å². The SMILES string of the molecule is CS(=O)(=O)OC[C@@H]1O[C@H]1CP(=O)(c1ccccc1)c1ccccc1. The molecule has 0 aromatic heterocycles. The molecule has 7 heteroatoms. The highest BCUT2D eigenvalue weighted by Gasteiger charge is 2.45. The van der Waals surface area contributed by atoms with Gasteiger partial charge in [0.05, 0.1) is 19.0 Å². The molecule has 1 aliphatic rings. The number of hydrogen-bond acceptors (Lipinski definition) is 5. The van der Waals surface area contributed by atoms with Crippen LogP contribution in [0.25, 0.3) is 0 Å². The normalized spacial score (nSPS) is 20.7. The molecule has 1 heterocycles. The number of epoxide rings is 1. The number of rotatable bonds is 7. The van der Waals surface area contributed by atoms with Gasteiger partial charge in [-0.2, -0.15) is 8.42 Å². The van der Waals surface area contributed by atoms with Gasteiger partial charge < -0.3 is 9.30 Å². The van der Waals surface area contributed by atoms with Crippen LogP contribution in [-0.2, 0) is 23.6 Å². The van der Waals surface area contributed by atoms with Crippen LogP contribution in [0.4, 0.5) is 0 Å². The monoisotopic (exact) mass is 366 g/mol. The zero-order valence-corrected chi connectivity index (χ0v) is 15.0. The van der Waals surface area contributed by atoms with Crippen molar-refractivity contribution in [1.82, 2.24) is 0 Å². The zero-order valence-electron chi connectivity index (χ0n) is 13.2. The Labute approximate surface area is 142 Å². The molecule has 24 heavy (non-hydrogen) atoms. The second-order valence-corrected chi connectivity index (χ2v) is 10.3. The fourth-order valence-corrected chi connectivity index (χ4v) is 5.86. The highest BCUT2D eigenvalue weighted by Crippen LogP contribution is 2.47. The lowest BCUT2D eigenvalue weighted by Gasteiger charge is -2.18. The fourth-order valence-electron chi connectivity index (χ4n) is 2.63. The van der Waals surface area contributed by atoms with Gasteiger partial charge in [0, 0.05) is 16.8 Å². The summed E-state index contributed by atoms with van der Waals surface area (Å²) in [6, 6.07) is 18.7. The van der Waals surface area contributed by atoms with Gasteiger partial charge in [-0.1, -0.05) is 60.7 Å². The Morgan fingerprint density at radius 2 is 1.46 bits per heavy atom. The largest absolute Gasteiger partial charge is 0.366 e. The predicted octanol–water partition coefficient (Wildman–Crippen LogP) is 1.74. The molecule has 0 bridgehead atoms. The highest BCUT2D eigenvalue weighted by molar-refractivity contribution is 7.86. The van der Waals surface area contributed by atoms with E-state index in [4.69, 9.17) is 8.92 Å². The number of ether oxygens (including phenoxy) is 1. The molecule has 0 saturated carbocycles. The lowest BCUT2D eigenvalue weighted by atomic mass is 10.3. The van der Waals surface area contributed by atoms with Crippen molar-refractivity contribution in [2.24, 2.45) is 0 Å². The summed E-state index contributed by atoms with van der Waals surface area (Å²) in [5.41, 5.74) is 0. The summed E-state index contributed by atoms with van der Waals surface area (Å²) in [7, 11) is -6.35. The van der Waals surface area contributed by atoms with Crippen molar-refractivity contribution in [3.63, 3.8) is 0 Å². The van der Waals surface area contributed by atoms with Crippen LogP contribution in [0.2, 0.25) is 0 Å². The molecule has 5 nitrogen and oxygen atoms in total. The quantitative estimate of drug-likeness (QED) is 0.424. The van der Waals surface area contributed by atoms with Gasteiger partial charge in [0.25, 0.3) is 10.1 Å². The van der Waals surface area contributed by atoms with Crippen LogP contribution < -0.4 is 10.6 Å². The van der Waals surface area contributed by atoms with Crippen LogP contribution in [0.5, 0.6) is 0 Å². The van der Waals surface area contributed by atoms with Gasteiger partial charge in [0.2, 0.25) is 0 Å². The van der Waals surface area contributed by atoms with E-state index in [0.29, 0.717) is 6.16 Å². The second kappa shape index (κ2) is 6.81. The Morgan fingerprint density at radius 1 is 0.958 bits per heavy atom. The van der Waals surface area contributed by atoms with Gasteiger partial charge >= 0.3 is 0 Å². The Hall–Kier alpha value is -1.46. The Balaban J connectivity index is 1.80. The first-order chi connectivity index (χ1) is 11.4. The standard InChI is InChI=1S/C17H19O5PS/c1-24(19,20)21-12-16-17(22-16)13-23(18,14-8-4-2-5-9-14)15-10-6-3-7-11-15/h2-11,16-17H,12-13H2,1H3/t16-,17-/m0/s1. The molecule has 0 amide bonds. The zero-order chi connectivity index (χ0) is 17.2. The first-order valence-electron chi connectivity index (χ1n) is 7.59. The fraction of sp³-hybridized carbons (Fsp3) is 0.294. The molecule has 0 unspecified atom stereocenters. The molecule has 2 aromatic rings. The van der Waals surface area contributed by atoms with Crippen LogP contribution in [0.3, 0.4) is 0 Å². The van der Waals surface area contributed by atoms with Crippen molar-refractivity contribution < 1.29 is 21.9 Å². The minimum Gasteiger partial charge on any atom is -0.366 e. The maximum absolute atomic E-state index is 13.8. The lowest BCUT2D eigenvalue weighted by molar-refractivity contribution is 0.266. The third-order valence-electron chi connectivity index (χ3n) is 3.92. The van der Waals surface area contributed by atoms with E-state index in [-0.39, 0.29) is 18.8 Å². The minimum atomic E-state index is -3.50. The molecule has 2 aromatic carbocycles. The molecule has 0 N–H and O–H groups in total. The summed E-state index contributed by atoms with van der Waals surface area (Å²) >= 11 is 0. The average Bonchev–Trinajstić information content (AvgIpc) is 3.32. The van der Waals surface area contributed by atoms with Gasteiger partial charge in [-0.25, -0.2) is 0 Å². The summed E-state index contributed by atoms with van der Waals surface area (Å²) in [6.45, 7) is -0.0346. The number of hydrogen-bond donors (Lipinski definition) is 0. The van der Waals surface area contributed by atoms with Crippen molar-refractivity contribution in [1.29, 1.82) is 0 Å². The maximum Gasteiger partial charge on any atom is 0.264 e. The van der Waals surface area contributed by atoms with Crippen molar-refractivity contribution in [2.45, 2.75) is 12.2 Å². The maximum atomic E-state index is 13.8. The van der Waals surface area contributed by atoms with E-state index in [9.17, 15) is 13.0 Å². The van der Waals surface area contributed by atoms with Crippen LogP contribution in [0.15, 0.2) is 60.7 Å². The van der Waals surface area contributed by atoms with Crippen molar-refractivity contribution >= 4 is 27.9 Å². The summed E-state index contributed by atoms with van der Waals surface area (Å²) in [5.74, 6) is 0. The molecule has 0 radical (unpaired) electrons. The summed E-state index contributed by atoms with van der Waals surface area (Å²) in [5, 5.41) is 1.55. The van der Waals surface area contributed by atoms with Gasteiger partial charge in [-0.3, -0.25) is 4.18 Å². The van der Waals surface area contributed by atoms with Crippen molar-refractivity contribution in [3.05, 3.63) is 60.7 Å².